The number of ether oxygens (including phenoxy) is 3. The van der Waals surface area contributed by atoms with E-state index in [0.29, 0.717) is 29.2 Å². The van der Waals surface area contributed by atoms with E-state index in [4.69, 9.17) is 19.2 Å². The molecule has 1 heterocycles. The van der Waals surface area contributed by atoms with Crippen LogP contribution in [0.15, 0.2) is 46.4 Å². The van der Waals surface area contributed by atoms with Gasteiger partial charge in [0.05, 0.1) is 25.0 Å². The van der Waals surface area contributed by atoms with Crippen LogP contribution in [0.4, 0.5) is 11.4 Å². The van der Waals surface area contributed by atoms with E-state index < -0.39 is 11.5 Å². The number of rotatable bonds is 10. The summed E-state index contributed by atoms with van der Waals surface area (Å²) < 4.78 is 18.3. The van der Waals surface area contributed by atoms with Crippen LogP contribution in [0, 0.1) is 34.6 Å². The Balaban J connectivity index is 2.25. The predicted octanol–water partition coefficient (Wildman–Crippen LogP) is 6.39. The first kappa shape index (κ1) is 33.9. The maximum Gasteiger partial charge on any atom is 0.333 e. The number of aromatic nitrogens is 1. The summed E-state index contributed by atoms with van der Waals surface area (Å²) in [5.41, 5.74) is 4.79. The van der Waals surface area contributed by atoms with E-state index >= 15 is 0 Å². The first-order valence-corrected chi connectivity index (χ1v) is 14.4. The van der Waals surface area contributed by atoms with Crippen molar-refractivity contribution in [2.75, 3.05) is 53.8 Å². The number of pyridine rings is 1. The van der Waals surface area contributed by atoms with Crippen molar-refractivity contribution in [3.63, 3.8) is 0 Å². The summed E-state index contributed by atoms with van der Waals surface area (Å²) in [5.74, 6) is 2.33. The molecule has 10 heteroatoms. The highest BCUT2D eigenvalue weighted by Gasteiger charge is 2.43. The summed E-state index contributed by atoms with van der Waals surface area (Å²) in [5, 5.41) is 0. The summed E-state index contributed by atoms with van der Waals surface area (Å²) in [6.07, 6.45) is 0. The molecule has 10 nitrogen and oxygen atoms in total. The molecule has 0 aliphatic rings. The number of anilines is 1. The number of guanidine groups is 1. The fourth-order valence-corrected chi connectivity index (χ4v) is 5.43. The predicted molar refractivity (Wildman–Crippen MR) is 179 cm³/mol. The van der Waals surface area contributed by atoms with Gasteiger partial charge in [0, 0.05) is 46.4 Å². The van der Waals surface area contributed by atoms with Crippen molar-refractivity contribution in [1.29, 1.82) is 0 Å². The first-order valence-electron chi connectivity index (χ1n) is 14.4. The standard InChI is InChI=1S/C34H46N6O4/c1-21-14-16-27(22(2)18-21)43-30-24(4)29(25(5)31(37-30)44-28-17-15-26(35-7)19-23(28)3)40(12)34(6,32(41)42-13)20-39(11)33(36-8)38(9)10/h14-19H,7,20H2,1-6,8-13H3. The lowest BCUT2D eigenvalue weighted by atomic mass is 9.96. The van der Waals surface area contributed by atoms with E-state index in [1.165, 1.54) is 7.11 Å². The molecule has 0 spiro atoms. The van der Waals surface area contributed by atoms with Crippen molar-refractivity contribution >= 4 is 30.0 Å². The second-order valence-corrected chi connectivity index (χ2v) is 11.5. The van der Waals surface area contributed by atoms with Crippen LogP contribution in [-0.2, 0) is 9.53 Å². The molecule has 0 bridgehead atoms. The molecule has 0 fully saturated rings. The van der Waals surface area contributed by atoms with E-state index in [0.717, 1.165) is 39.2 Å². The van der Waals surface area contributed by atoms with Crippen LogP contribution in [0.2, 0.25) is 0 Å². The maximum atomic E-state index is 13.6. The van der Waals surface area contributed by atoms with Gasteiger partial charge in [-0.25, -0.2) is 4.79 Å². The van der Waals surface area contributed by atoms with Crippen LogP contribution >= 0.6 is 0 Å². The van der Waals surface area contributed by atoms with Gasteiger partial charge in [0.1, 0.15) is 11.5 Å². The van der Waals surface area contributed by atoms with Crippen LogP contribution in [0.1, 0.15) is 34.7 Å². The summed E-state index contributed by atoms with van der Waals surface area (Å²) in [4.78, 5) is 32.6. The molecule has 0 aliphatic heterocycles. The van der Waals surface area contributed by atoms with Gasteiger partial charge in [0.2, 0.25) is 11.8 Å². The molecule has 0 aliphatic carbocycles. The zero-order valence-corrected chi connectivity index (χ0v) is 28.2. The molecule has 3 aromatic rings. The number of carbonyl (C=O) groups excluding carboxylic acids is 1. The minimum absolute atomic E-state index is 0.279. The van der Waals surface area contributed by atoms with E-state index in [9.17, 15) is 4.79 Å². The molecule has 236 valence electrons. The quantitative estimate of drug-likeness (QED) is 0.150. The van der Waals surface area contributed by atoms with Crippen molar-refractivity contribution in [3.8, 4) is 23.3 Å². The van der Waals surface area contributed by atoms with Gasteiger partial charge in [0.25, 0.3) is 0 Å². The van der Waals surface area contributed by atoms with Gasteiger partial charge in [-0.2, -0.15) is 4.98 Å². The fourth-order valence-electron chi connectivity index (χ4n) is 5.43. The van der Waals surface area contributed by atoms with Crippen molar-refractivity contribution < 1.29 is 19.0 Å². The second kappa shape index (κ2) is 13.8. The number of aryl methyl sites for hydroxylation is 3. The number of hydrogen-bond donors (Lipinski definition) is 0. The van der Waals surface area contributed by atoms with Crippen LogP contribution in [0.5, 0.6) is 23.3 Å². The smallest absolute Gasteiger partial charge is 0.333 e. The minimum Gasteiger partial charge on any atom is -0.467 e. The number of nitrogens with zero attached hydrogens (tertiary/aromatic N) is 6. The molecule has 0 radical (unpaired) electrons. The lowest BCUT2D eigenvalue weighted by Gasteiger charge is -2.42. The zero-order valence-electron chi connectivity index (χ0n) is 28.2. The maximum absolute atomic E-state index is 13.6. The molecule has 1 atom stereocenters. The number of esters is 1. The zero-order chi connectivity index (χ0) is 32.9. The van der Waals surface area contributed by atoms with Crippen molar-refractivity contribution in [3.05, 3.63) is 64.2 Å². The minimum atomic E-state index is -1.15. The van der Waals surface area contributed by atoms with Gasteiger partial charge in [-0.05, 0) is 83.7 Å². The Morgan fingerprint density at radius 2 is 1.45 bits per heavy atom. The molecule has 0 saturated heterocycles. The van der Waals surface area contributed by atoms with Crippen LogP contribution in [0.3, 0.4) is 0 Å². The molecular formula is C34H46N6O4. The summed E-state index contributed by atoms with van der Waals surface area (Å²) in [6, 6.07) is 11.6. The highest BCUT2D eigenvalue weighted by Crippen LogP contribution is 2.42. The van der Waals surface area contributed by atoms with Gasteiger partial charge < -0.3 is 28.9 Å². The van der Waals surface area contributed by atoms with E-state index in [1.54, 1.807) is 7.05 Å². The third-order valence-corrected chi connectivity index (χ3v) is 7.83. The number of methoxy groups -OCH3 is 1. The normalized spacial score (nSPS) is 12.7. The average molecular weight is 603 g/mol. The third-order valence-electron chi connectivity index (χ3n) is 7.83. The summed E-state index contributed by atoms with van der Waals surface area (Å²) in [6.45, 7) is 15.6. The molecule has 2 aromatic carbocycles. The highest BCUT2D eigenvalue weighted by atomic mass is 16.5. The second-order valence-electron chi connectivity index (χ2n) is 11.5. The van der Waals surface area contributed by atoms with Crippen LogP contribution in [0.25, 0.3) is 0 Å². The number of likely N-dealkylation sites (N-methyl/N-ethyl adjacent to an activating group) is 2. The number of aliphatic imine (C=N–C) groups is 2. The Kier molecular flexibility index (Phi) is 10.6. The average Bonchev–Trinajstić information content (AvgIpc) is 2.97. The van der Waals surface area contributed by atoms with E-state index in [1.807, 2.05) is 115 Å². The van der Waals surface area contributed by atoms with Gasteiger partial charge in [-0.15, -0.1) is 0 Å². The van der Waals surface area contributed by atoms with Gasteiger partial charge in [-0.1, -0.05) is 17.7 Å². The van der Waals surface area contributed by atoms with E-state index in [-0.39, 0.29) is 6.54 Å². The monoisotopic (exact) mass is 602 g/mol. The van der Waals surface area contributed by atoms with Crippen molar-refractivity contribution in [2.24, 2.45) is 9.98 Å². The Hall–Kier alpha value is -4.60. The molecule has 44 heavy (non-hydrogen) atoms. The highest BCUT2D eigenvalue weighted by molar-refractivity contribution is 5.88. The molecular weight excluding hydrogens is 556 g/mol. The largest absolute Gasteiger partial charge is 0.467 e. The Morgan fingerprint density at radius 1 is 0.909 bits per heavy atom. The molecule has 1 aromatic heterocycles. The lowest BCUT2D eigenvalue weighted by molar-refractivity contribution is -0.146. The molecule has 0 saturated carbocycles. The number of carbonyl (C=O) groups is 1. The number of hydrogen-bond acceptors (Lipinski definition) is 8. The Bertz CT molecular complexity index is 1570. The molecule has 0 N–H and O–H groups in total. The first-order chi connectivity index (χ1) is 20.7. The molecule has 1 unspecified atom stereocenters. The Labute approximate surface area is 262 Å². The van der Waals surface area contributed by atoms with Crippen molar-refractivity contribution in [2.45, 2.75) is 47.1 Å². The van der Waals surface area contributed by atoms with E-state index in [2.05, 4.69) is 22.8 Å². The fraction of sp³-hybridized carbons (Fsp3) is 0.412. The van der Waals surface area contributed by atoms with Crippen molar-refractivity contribution in [1.82, 2.24) is 14.8 Å². The van der Waals surface area contributed by atoms with Gasteiger partial charge in [0.15, 0.2) is 11.5 Å². The van der Waals surface area contributed by atoms with Gasteiger partial charge in [-0.3, -0.25) is 9.98 Å². The lowest BCUT2D eigenvalue weighted by Crippen LogP contribution is -2.59. The van der Waals surface area contributed by atoms with Crippen LogP contribution in [-0.4, -0.2) is 87.9 Å². The van der Waals surface area contributed by atoms with Crippen LogP contribution < -0.4 is 14.4 Å². The topological polar surface area (TPSA) is 92.1 Å². The summed E-state index contributed by atoms with van der Waals surface area (Å²) in [7, 11) is 10.7. The number of benzene rings is 2. The molecule has 0 amide bonds. The Morgan fingerprint density at radius 3 is 1.91 bits per heavy atom. The third kappa shape index (κ3) is 6.96. The van der Waals surface area contributed by atoms with Gasteiger partial charge >= 0.3 is 5.97 Å². The molecule has 3 rings (SSSR count). The summed E-state index contributed by atoms with van der Waals surface area (Å²) >= 11 is 0. The SMILES string of the molecule is C=Nc1ccc(Oc2nc(Oc3ccc(C)cc3C)c(C)c(N(C)C(C)(CN(C)C(=NC)N(C)C)C(=O)OC)c2C)c(C)c1.